The fraction of sp³-hybridized carbons (Fsp3) is 0.909. The molecule has 86 valence electrons. The Labute approximate surface area is 90.6 Å². The van der Waals surface area contributed by atoms with Crippen molar-refractivity contribution in [2.75, 3.05) is 13.1 Å². The van der Waals surface area contributed by atoms with Gasteiger partial charge in [-0.1, -0.05) is 20.8 Å². The number of nitrogens with zero attached hydrogens (tertiary/aromatic N) is 1. The van der Waals surface area contributed by atoms with Crippen molar-refractivity contribution in [3.05, 3.63) is 0 Å². The largest absolute Gasteiger partial charge is 0.465 e. The van der Waals surface area contributed by atoms with E-state index in [1.807, 2.05) is 0 Å². The summed E-state index contributed by atoms with van der Waals surface area (Å²) in [5, 5.41) is 12.7. The molecule has 2 N–H and O–H groups in total. The molecule has 0 saturated carbocycles. The molecule has 2 bridgehead atoms. The van der Waals surface area contributed by atoms with Crippen LogP contribution in [0.1, 0.15) is 33.6 Å². The number of hydrogen-bond acceptors (Lipinski definition) is 2. The molecule has 0 aliphatic carbocycles. The number of amides is 1. The zero-order chi connectivity index (χ0) is 11.3. The number of rotatable bonds is 0. The van der Waals surface area contributed by atoms with Crippen LogP contribution in [-0.4, -0.2) is 40.8 Å². The summed E-state index contributed by atoms with van der Waals surface area (Å²) < 4.78 is 0. The lowest BCUT2D eigenvalue weighted by atomic mass is 9.72. The lowest BCUT2D eigenvalue weighted by molar-refractivity contribution is 0.0569. The second-order valence-electron chi connectivity index (χ2n) is 5.88. The molecule has 0 aromatic carbocycles. The number of piperazine rings is 1. The van der Waals surface area contributed by atoms with E-state index in [0.717, 1.165) is 12.8 Å². The van der Waals surface area contributed by atoms with Crippen LogP contribution >= 0.6 is 0 Å². The van der Waals surface area contributed by atoms with Crippen LogP contribution in [0.15, 0.2) is 0 Å². The fourth-order valence-corrected chi connectivity index (χ4v) is 2.85. The number of fused-ring (bicyclic) bond motifs is 2. The average molecular weight is 212 g/mol. The minimum Gasteiger partial charge on any atom is -0.465 e. The van der Waals surface area contributed by atoms with E-state index >= 15 is 0 Å². The zero-order valence-electron chi connectivity index (χ0n) is 9.71. The molecular weight excluding hydrogens is 192 g/mol. The maximum atomic E-state index is 11.0. The molecule has 4 heteroatoms. The highest BCUT2D eigenvalue weighted by Gasteiger charge is 2.52. The molecule has 15 heavy (non-hydrogen) atoms. The van der Waals surface area contributed by atoms with Gasteiger partial charge in [-0.25, -0.2) is 4.79 Å². The highest BCUT2D eigenvalue weighted by atomic mass is 16.4. The summed E-state index contributed by atoms with van der Waals surface area (Å²) in [5.74, 6) is 0. The van der Waals surface area contributed by atoms with Crippen LogP contribution in [0.5, 0.6) is 0 Å². The Bertz CT molecular complexity index is 285. The van der Waals surface area contributed by atoms with Crippen molar-refractivity contribution in [1.82, 2.24) is 10.2 Å². The second kappa shape index (κ2) is 3.11. The Morgan fingerprint density at radius 3 is 2.73 bits per heavy atom. The fourth-order valence-electron chi connectivity index (χ4n) is 2.85. The normalized spacial score (nSPS) is 35.7. The van der Waals surface area contributed by atoms with Gasteiger partial charge in [-0.15, -0.1) is 0 Å². The van der Waals surface area contributed by atoms with E-state index in [9.17, 15) is 4.79 Å². The summed E-state index contributed by atoms with van der Waals surface area (Å²) in [5.41, 5.74) is 0.0875. The van der Waals surface area contributed by atoms with Crippen LogP contribution < -0.4 is 5.32 Å². The van der Waals surface area contributed by atoms with Crippen molar-refractivity contribution in [3.8, 4) is 0 Å². The first-order valence-electron chi connectivity index (χ1n) is 5.60. The minimum absolute atomic E-state index is 0.0195. The molecule has 0 unspecified atom stereocenters. The van der Waals surface area contributed by atoms with Crippen molar-refractivity contribution in [2.45, 2.75) is 45.2 Å². The standard InChI is InChI=1S/C11H20N2O2/c1-10(2,3)11-5-4-8(12-11)6-13(7-11)9(14)15/h8,12H,4-7H2,1-3H3,(H,14,15)/t8-,11-/m0/s1. The molecule has 2 aliphatic heterocycles. The predicted molar refractivity (Wildman–Crippen MR) is 57.9 cm³/mol. The Kier molecular flexibility index (Phi) is 2.23. The Balaban J connectivity index is 2.24. The summed E-state index contributed by atoms with van der Waals surface area (Å²) in [4.78, 5) is 12.6. The van der Waals surface area contributed by atoms with Crippen molar-refractivity contribution in [2.24, 2.45) is 5.41 Å². The van der Waals surface area contributed by atoms with Crippen molar-refractivity contribution < 1.29 is 9.90 Å². The highest BCUT2D eigenvalue weighted by Crippen LogP contribution is 2.42. The van der Waals surface area contributed by atoms with Crippen LogP contribution in [0.4, 0.5) is 4.79 Å². The summed E-state index contributed by atoms with van der Waals surface area (Å²) in [6, 6.07) is 0.356. The van der Waals surface area contributed by atoms with Crippen LogP contribution in [0.25, 0.3) is 0 Å². The molecule has 2 fully saturated rings. The minimum atomic E-state index is -0.781. The number of carboxylic acid groups (broad SMARTS) is 1. The second-order valence-corrected chi connectivity index (χ2v) is 5.88. The van der Waals surface area contributed by atoms with Gasteiger partial charge in [0.05, 0.1) is 0 Å². The van der Waals surface area contributed by atoms with Gasteiger partial charge in [0, 0.05) is 24.7 Å². The lowest BCUT2D eigenvalue weighted by Gasteiger charge is -2.48. The Morgan fingerprint density at radius 1 is 1.53 bits per heavy atom. The van der Waals surface area contributed by atoms with Gasteiger partial charge in [0.15, 0.2) is 0 Å². The van der Waals surface area contributed by atoms with Gasteiger partial charge in [-0.3, -0.25) is 0 Å². The van der Waals surface area contributed by atoms with Gasteiger partial charge < -0.3 is 15.3 Å². The first-order valence-corrected chi connectivity index (χ1v) is 5.60. The Hall–Kier alpha value is -0.770. The molecule has 0 spiro atoms. The van der Waals surface area contributed by atoms with E-state index in [0.29, 0.717) is 19.1 Å². The van der Waals surface area contributed by atoms with Crippen molar-refractivity contribution in [1.29, 1.82) is 0 Å². The first kappa shape index (κ1) is 10.7. The molecule has 2 heterocycles. The van der Waals surface area contributed by atoms with Gasteiger partial charge >= 0.3 is 6.09 Å². The summed E-state index contributed by atoms with van der Waals surface area (Å²) in [7, 11) is 0. The first-order chi connectivity index (χ1) is 6.84. The van der Waals surface area contributed by atoms with Gasteiger partial charge in [0.25, 0.3) is 0 Å². The molecule has 0 aromatic rings. The van der Waals surface area contributed by atoms with Gasteiger partial charge in [-0.05, 0) is 18.3 Å². The number of carbonyl (C=O) groups is 1. The van der Waals surface area contributed by atoms with Gasteiger partial charge in [0.1, 0.15) is 0 Å². The molecule has 0 aromatic heterocycles. The monoisotopic (exact) mass is 212 g/mol. The van der Waals surface area contributed by atoms with Gasteiger partial charge in [0.2, 0.25) is 0 Å². The van der Waals surface area contributed by atoms with Crippen molar-refractivity contribution in [3.63, 3.8) is 0 Å². The maximum Gasteiger partial charge on any atom is 0.407 e. The van der Waals surface area contributed by atoms with Crippen molar-refractivity contribution >= 4 is 6.09 Å². The zero-order valence-corrected chi connectivity index (χ0v) is 9.71. The van der Waals surface area contributed by atoms with E-state index in [2.05, 4.69) is 26.1 Å². The molecule has 2 aliphatic rings. The number of likely N-dealkylation sites (tertiary alicyclic amines) is 1. The third-order valence-corrected chi connectivity index (χ3v) is 4.01. The van der Waals surface area contributed by atoms with E-state index < -0.39 is 6.09 Å². The van der Waals surface area contributed by atoms with E-state index in [1.165, 1.54) is 0 Å². The maximum absolute atomic E-state index is 11.0. The molecule has 4 nitrogen and oxygen atoms in total. The molecule has 1 amide bonds. The smallest absolute Gasteiger partial charge is 0.407 e. The highest BCUT2D eigenvalue weighted by molar-refractivity contribution is 5.65. The summed E-state index contributed by atoms with van der Waals surface area (Å²) in [6.45, 7) is 7.84. The van der Waals surface area contributed by atoms with E-state index in [4.69, 9.17) is 5.11 Å². The molecule has 2 atom stereocenters. The van der Waals surface area contributed by atoms with Crippen LogP contribution in [0.2, 0.25) is 0 Å². The third kappa shape index (κ3) is 1.61. The number of nitrogens with one attached hydrogen (secondary N) is 1. The third-order valence-electron chi connectivity index (χ3n) is 4.01. The quantitative estimate of drug-likeness (QED) is 0.640. The molecule has 2 saturated heterocycles. The SMILES string of the molecule is CC(C)(C)[C@]12CC[C@@H](CN(C(=O)O)C1)N2. The van der Waals surface area contributed by atoms with Crippen LogP contribution in [0.3, 0.4) is 0 Å². The number of hydrogen-bond donors (Lipinski definition) is 2. The molecule has 0 radical (unpaired) electrons. The predicted octanol–water partition coefficient (Wildman–Crippen LogP) is 1.52. The average Bonchev–Trinajstić information content (AvgIpc) is 2.41. The Morgan fingerprint density at radius 2 is 2.20 bits per heavy atom. The van der Waals surface area contributed by atoms with Crippen LogP contribution in [-0.2, 0) is 0 Å². The summed E-state index contributed by atoms with van der Waals surface area (Å²) >= 11 is 0. The van der Waals surface area contributed by atoms with Crippen LogP contribution in [0, 0.1) is 5.41 Å². The lowest BCUT2D eigenvalue weighted by Crippen LogP contribution is -2.65. The van der Waals surface area contributed by atoms with E-state index in [-0.39, 0.29) is 11.0 Å². The topological polar surface area (TPSA) is 52.6 Å². The molecular formula is C11H20N2O2. The van der Waals surface area contributed by atoms with E-state index in [1.54, 1.807) is 4.90 Å². The molecule has 2 rings (SSSR count). The summed E-state index contributed by atoms with van der Waals surface area (Å²) in [6.07, 6.45) is 1.41. The van der Waals surface area contributed by atoms with Gasteiger partial charge in [-0.2, -0.15) is 0 Å².